The maximum Gasteiger partial charge on any atom is 0.239 e. The van der Waals surface area contributed by atoms with Gasteiger partial charge in [-0.2, -0.15) is 0 Å². The van der Waals surface area contributed by atoms with Crippen molar-refractivity contribution in [1.82, 2.24) is 15.3 Å². The zero-order chi connectivity index (χ0) is 12.3. The van der Waals surface area contributed by atoms with E-state index in [1.54, 1.807) is 6.07 Å². The molecule has 1 aliphatic heterocycles. The Balaban J connectivity index is 2.25. The van der Waals surface area contributed by atoms with Crippen molar-refractivity contribution in [2.75, 3.05) is 24.5 Å². The van der Waals surface area contributed by atoms with Gasteiger partial charge >= 0.3 is 0 Å². The highest BCUT2D eigenvalue weighted by molar-refractivity contribution is 6.29. The van der Waals surface area contributed by atoms with Gasteiger partial charge < -0.3 is 10.2 Å². The minimum absolute atomic E-state index is 0.0234. The average Bonchev–Trinajstić information content (AvgIpc) is 2.53. The number of amides is 1. The first-order valence-electron chi connectivity index (χ1n) is 5.74. The smallest absolute Gasteiger partial charge is 0.239 e. The minimum atomic E-state index is 0.0234. The maximum atomic E-state index is 11.5. The second kappa shape index (κ2) is 5.31. The number of carbonyl (C=O) groups excluding carboxylic acids is 1. The summed E-state index contributed by atoms with van der Waals surface area (Å²) in [6.07, 6.45) is 1.64. The fourth-order valence-corrected chi connectivity index (χ4v) is 1.97. The minimum Gasteiger partial charge on any atom is -0.354 e. The van der Waals surface area contributed by atoms with Gasteiger partial charge in [-0.3, -0.25) is 4.79 Å². The molecule has 17 heavy (non-hydrogen) atoms. The van der Waals surface area contributed by atoms with Gasteiger partial charge in [0.15, 0.2) is 0 Å². The zero-order valence-corrected chi connectivity index (χ0v) is 10.5. The Labute approximate surface area is 105 Å². The molecule has 6 heteroatoms. The fraction of sp³-hybridized carbons (Fsp3) is 0.545. The highest BCUT2D eigenvalue weighted by atomic mass is 35.5. The Morgan fingerprint density at radius 3 is 3.12 bits per heavy atom. The third-order valence-electron chi connectivity index (χ3n) is 2.63. The lowest BCUT2D eigenvalue weighted by molar-refractivity contribution is -0.119. The predicted molar refractivity (Wildman–Crippen MR) is 66.3 cm³/mol. The lowest BCUT2D eigenvalue weighted by atomic mass is 10.3. The van der Waals surface area contributed by atoms with Crippen LogP contribution in [0, 0.1) is 0 Å². The number of hydrogen-bond donors (Lipinski definition) is 1. The van der Waals surface area contributed by atoms with Gasteiger partial charge in [-0.15, -0.1) is 0 Å². The van der Waals surface area contributed by atoms with Gasteiger partial charge in [0.25, 0.3) is 0 Å². The third-order valence-corrected chi connectivity index (χ3v) is 2.82. The molecule has 1 aliphatic rings. The maximum absolute atomic E-state index is 11.5. The van der Waals surface area contributed by atoms with Gasteiger partial charge in [0.2, 0.25) is 5.91 Å². The first kappa shape index (κ1) is 12.1. The first-order valence-corrected chi connectivity index (χ1v) is 6.12. The van der Waals surface area contributed by atoms with E-state index in [1.165, 1.54) is 0 Å². The van der Waals surface area contributed by atoms with E-state index in [-0.39, 0.29) is 5.91 Å². The summed E-state index contributed by atoms with van der Waals surface area (Å²) in [4.78, 5) is 21.9. The molecule has 0 aromatic carbocycles. The Kier molecular flexibility index (Phi) is 3.78. The standard InChI is InChI=1S/C11H15ClN4O/c1-2-9-14-8(12)6-10(15-9)16-5-3-4-13-11(17)7-16/h6H,2-5,7H2,1H3,(H,13,17). The van der Waals surface area contributed by atoms with Crippen LogP contribution in [0.5, 0.6) is 0 Å². The molecule has 1 N–H and O–H groups in total. The van der Waals surface area contributed by atoms with Crippen LogP contribution in [0.15, 0.2) is 6.07 Å². The molecular formula is C11H15ClN4O. The zero-order valence-electron chi connectivity index (χ0n) is 9.74. The van der Waals surface area contributed by atoms with E-state index >= 15 is 0 Å². The van der Waals surface area contributed by atoms with Crippen LogP contribution in [0.4, 0.5) is 5.82 Å². The highest BCUT2D eigenvalue weighted by Gasteiger charge is 2.17. The molecule has 1 aromatic rings. The summed E-state index contributed by atoms with van der Waals surface area (Å²) in [7, 11) is 0. The lowest BCUT2D eigenvalue weighted by Crippen LogP contribution is -2.33. The molecule has 0 saturated carbocycles. The number of anilines is 1. The average molecular weight is 255 g/mol. The molecule has 1 amide bonds. The molecule has 5 nitrogen and oxygen atoms in total. The van der Waals surface area contributed by atoms with Crippen molar-refractivity contribution in [2.24, 2.45) is 0 Å². The van der Waals surface area contributed by atoms with Crippen LogP contribution in [0.25, 0.3) is 0 Å². The van der Waals surface area contributed by atoms with Crippen molar-refractivity contribution < 1.29 is 4.79 Å². The molecule has 1 saturated heterocycles. The topological polar surface area (TPSA) is 58.1 Å². The number of nitrogens with one attached hydrogen (secondary N) is 1. The molecule has 0 bridgehead atoms. The Bertz CT molecular complexity index is 424. The second-order valence-corrected chi connectivity index (χ2v) is 4.33. The number of rotatable bonds is 2. The van der Waals surface area contributed by atoms with Crippen LogP contribution in [0.2, 0.25) is 5.15 Å². The quantitative estimate of drug-likeness (QED) is 0.801. The van der Waals surface area contributed by atoms with Gasteiger partial charge in [-0.25, -0.2) is 9.97 Å². The van der Waals surface area contributed by atoms with E-state index in [4.69, 9.17) is 11.6 Å². The lowest BCUT2D eigenvalue weighted by Gasteiger charge is -2.20. The van der Waals surface area contributed by atoms with Gasteiger partial charge in [-0.05, 0) is 6.42 Å². The molecule has 0 atom stereocenters. The molecular weight excluding hydrogens is 240 g/mol. The van der Waals surface area contributed by atoms with Crippen LogP contribution in [-0.2, 0) is 11.2 Å². The molecule has 2 rings (SSSR count). The molecule has 0 aliphatic carbocycles. The summed E-state index contributed by atoms with van der Waals surface area (Å²) in [5.74, 6) is 1.46. The first-order chi connectivity index (χ1) is 8.19. The Morgan fingerprint density at radius 1 is 1.53 bits per heavy atom. The van der Waals surface area contributed by atoms with Crippen molar-refractivity contribution in [1.29, 1.82) is 0 Å². The summed E-state index contributed by atoms with van der Waals surface area (Å²) in [5.41, 5.74) is 0. The van der Waals surface area contributed by atoms with Crippen molar-refractivity contribution in [2.45, 2.75) is 19.8 Å². The molecule has 0 radical (unpaired) electrons. The summed E-state index contributed by atoms with van der Waals surface area (Å²) in [6, 6.07) is 1.71. The van der Waals surface area contributed by atoms with Crippen LogP contribution >= 0.6 is 11.6 Å². The second-order valence-electron chi connectivity index (χ2n) is 3.94. The molecule has 2 heterocycles. The Morgan fingerprint density at radius 2 is 2.35 bits per heavy atom. The van der Waals surface area contributed by atoms with E-state index in [0.29, 0.717) is 17.5 Å². The van der Waals surface area contributed by atoms with Crippen molar-refractivity contribution >= 4 is 23.3 Å². The van der Waals surface area contributed by atoms with Gasteiger partial charge in [-0.1, -0.05) is 18.5 Å². The summed E-state index contributed by atoms with van der Waals surface area (Å²) < 4.78 is 0. The largest absolute Gasteiger partial charge is 0.354 e. The summed E-state index contributed by atoms with van der Waals surface area (Å²) >= 11 is 5.95. The summed E-state index contributed by atoms with van der Waals surface area (Å²) in [5, 5.41) is 3.26. The molecule has 1 fully saturated rings. The van der Waals surface area contributed by atoms with Crippen LogP contribution < -0.4 is 10.2 Å². The van der Waals surface area contributed by atoms with Gasteiger partial charge in [0.05, 0.1) is 6.54 Å². The SMILES string of the molecule is CCc1nc(Cl)cc(N2CCCNC(=O)C2)n1. The summed E-state index contributed by atoms with van der Waals surface area (Å²) in [6.45, 7) is 3.82. The molecule has 0 spiro atoms. The number of aryl methyl sites for hydroxylation is 1. The predicted octanol–water partition coefficient (Wildman–Crippen LogP) is 1.02. The fourth-order valence-electron chi connectivity index (χ4n) is 1.77. The van der Waals surface area contributed by atoms with E-state index in [9.17, 15) is 4.79 Å². The number of carbonyl (C=O) groups is 1. The van der Waals surface area contributed by atoms with Crippen LogP contribution in [0.3, 0.4) is 0 Å². The van der Waals surface area contributed by atoms with Crippen molar-refractivity contribution in [3.63, 3.8) is 0 Å². The van der Waals surface area contributed by atoms with E-state index < -0.39 is 0 Å². The third kappa shape index (κ3) is 3.06. The van der Waals surface area contributed by atoms with Gasteiger partial charge in [0.1, 0.15) is 16.8 Å². The monoisotopic (exact) mass is 254 g/mol. The van der Waals surface area contributed by atoms with E-state index in [1.807, 2.05) is 11.8 Å². The normalized spacial score (nSPS) is 16.6. The molecule has 0 unspecified atom stereocenters. The van der Waals surface area contributed by atoms with Crippen molar-refractivity contribution in [3.05, 3.63) is 17.0 Å². The number of aromatic nitrogens is 2. The van der Waals surface area contributed by atoms with E-state index in [0.717, 1.165) is 31.7 Å². The Hall–Kier alpha value is -1.36. The molecule has 1 aromatic heterocycles. The molecule has 92 valence electrons. The van der Waals surface area contributed by atoms with Crippen LogP contribution in [0.1, 0.15) is 19.2 Å². The van der Waals surface area contributed by atoms with Crippen LogP contribution in [-0.4, -0.2) is 35.5 Å². The highest BCUT2D eigenvalue weighted by Crippen LogP contribution is 2.17. The number of hydrogen-bond acceptors (Lipinski definition) is 4. The van der Waals surface area contributed by atoms with Gasteiger partial charge in [0, 0.05) is 25.6 Å². The number of halogens is 1. The van der Waals surface area contributed by atoms with Crippen molar-refractivity contribution in [3.8, 4) is 0 Å². The number of nitrogens with zero attached hydrogens (tertiary/aromatic N) is 3. The van der Waals surface area contributed by atoms with E-state index in [2.05, 4.69) is 15.3 Å².